The van der Waals surface area contributed by atoms with Gasteiger partial charge in [0.2, 0.25) is 11.5 Å². The third-order valence-corrected chi connectivity index (χ3v) is 7.68. The lowest BCUT2D eigenvalue weighted by atomic mass is 10.0. The van der Waals surface area contributed by atoms with Crippen molar-refractivity contribution in [3.05, 3.63) is 41.6 Å². The van der Waals surface area contributed by atoms with Crippen LogP contribution in [0.2, 0.25) is 0 Å². The van der Waals surface area contributed by atoms with E-state index in [1.54, 1.807) is 11.8 Å². The van der Waals surface area contributed by atoms with Crippen LogP contribution < -0.4 is 15.6 Å². The first-order valence-corrected chi connectivity index (χ1v) is 12.8. The number of nitrogens with one attached hydrogen (secondary N) is 1. The zero-order chi connectivity index (χ0) is 24.4. The Bertz CT molecular complexity index is 1200. The standard InChI is InChI=1S/C19H19N7O5S3/c1-31-23-11(14-22-19(20)34-24-14)15(27)21-12-16(28)26-13(18(29)30)9(8-33-17(12)26)7-25-5-3-10(32-2)4-6-25/h3-6,12,17H,7-8H2,1-2H3,(H3-,20,21,22,24,27,29,30)/p+1/t12?,17-/m0/s1. The summed E-state index contributed by atoms with van der Waals surface area (Å²) in [5.41, 5.74) is 5.90. The number of carboxylic acids is 1. The zero-order valence-corrected chi connectivity index (χ0v) is 20.4. The number of thioether (sulfide) groups is 2. The maximum absolute atomic E-state index is 12.9. The van der Waals surface area contributed by atoms with Crippen LogP contribution in [0.1, 0.15) is 5.82 Å². The van der Waals surface area contributed by atoms with Crippen molar-refractivity contribution in [3.63, 3.8) is 0 Å². The van der Waals surface area contributed by atoms with Crippen molar-refractivity contribution in [2.24, 2.45) is 5.16 Å². The summed E-state index contributed by atoms with van der Waals surface area (Å²) in [5.74, 6) is -2.08. The number of carboxylic acid groups (broad SMARTS) is 1. The highest BCUT2D eigenvalue weighted by atomic mass is 32.2. The fraction of sp³-hybridized carbons (Fsp3) is 0.316. The predicted molar refractivity (Wildman–Crippen MR) is 126 cm³/mol. The van der Waals surface area contributed by atoms with Crippen LogP contribution in [0, 0.1) is 0 Å². The smallest absolute Gasteiger partial charge is 0.352 e. The highest BCUT2D eigenvalue weighted by Crippen LogP contribution is 2.40. The summed E-state index contributed by atoms with van der Waals surface area (Å²) in [6.07, 6.45) is 5.71. The number of hydrogen-bond acceptors (Lipinski definition) is 11. The molecular weight excluding hydrogens is 502 g/mol. The second-order valence-corrected chi connectivity index (χ2v) is 9.88. The summed E-state index contributed by atoms with van der Waals surface area (Å²) in [7, 11) is 1.26. The number of nitrogen functional groups attached to an aromatic ring is 1. The molecule has 1 saturated heterocycles. The molecule has 2 aromatic heterocycles. The number of β-lactam (4-membered cyclic amide) rings is 1. The van der Waals surface area contributed by atoms with Crippen LogP contribution >= 0.6 is 35.1 Å². The number of pyridine rings is 1. The molecule has 1 fully saturated rings. The molecule has 178 valence electrons. The highest BCUT2D eigenvalue weighted by Gasteiger charge is 2.54. The molecular formula is C19H20N7O5S3+. The van der Waals surface area contributed by atoms with Crippen LogP contribution in [0.4, 0.5) is 5.13 Å². The van der Waals surface area contributed by atoms with Gasteiger partial charge in [0.1, 0.15) is 24.2 Å². The van der Waals surface area contributed by atoms with Crippen molar-refractivity contribution in [1.82, 2.24) is 19.6 Å². The van der Waals surface area contributed by atoms with Crippen LogP contribution in [-0.4, -0.2) is 73.4 Å². The Labute approximate surface area is 206 Å². The molecule has 12 nitrogen and oxygen atoms in total. The number of aliphatic carboxylic acids is 1. The number of carbonyl (C=O) groups excluding carboxylic acids is 2. The Morgan fingerprint density at radius 1 is 1.44 bits per heavy atom. The summed E-state index contributed by atoms with van der Waals surface area (Å²) >= 11 is 3.87. The molecule has 2 atom stereocenters. The topological polar surface area (TPSA) is 164 Å². The average molecular weight is 523 g/mol. The van der Waals surface area contributed by atoms with Crippen molar-refractivity contribution in [3.8, 4) is 0 Å². The molecule has 2 amide bonds. The van der Waals surface area contributed by atoms with E-state index in [4.69, 9.17) is 10.6 Å². The van der Waals surface area contributed by atoms with Gasteiger partial charge in [-0.15, -0.1) is 23.5 Å². The molecule has 4 rings (SSSR count). The van der Waals surface area contributed by atoms with Crippen molar-refractivity contribution in [1.29, 1.82) is 0 Å². The third-order valence-electron chi connectivity index (χ3n) is 5.06. The molecule has 0 radical (unpaired) electrons. The van der Waals surface area contributed by atoms with Gasteiger partial charge in [-0.2, -0.15) is 9.36 Å². The van der Waals surface area contributed by atoms with E-state index in [0.717, 1.165) is 16.4 Å². The summed E-state index contributed by atoms with van der Waals surface area (Å²) in [4.78, 5) is 48.7. The Balaban J connectivity index is 1.52. The van der Waals surface area contributed by atoms with Crippen LogP contribution in [0.25, 0.3) is 0 Å². The van der Waals surface area contributed by atoms with Gasteiger partial charge in [-0.25, -0.2) is 9.36 Å². The number of amides is 2. The van der Waals surface area contributed by atoms with Crippen molar-refractivity contribution < 1.29 is 28.9 Å². The first kappa shape index (κ1) is 24.0. The molecule has 2 aliphatic rings. The van der Waals surface area contributed by atoms with E-state index in [2.05, 4.69) is 19.8 Å². The van der Waals surface area contributed by atoms with Gasteiger partial charge in [-0.1, -0.05) is 5.16 Å². The number of carbonyl (C=O) groups is 3. The lowest BCUT2D eigenvalue weighted by Gasteiger charge is -2.49. The summed E-state index contributed by atoms with van der Waals surface area (Å²) in [5, 5.41) is 15.7. The number of nitrogens with zero attached hydrogens (tertiary/aromatic N) is 5. The van der Waals surface area contributed by atoms with Crippen molar-refractivity contribution >= 4 is 63.7 Å². The van der Waals surface area contributed by atoms with Crippen molar-refractivity contribution in [2.75, 3.05) is 24.9 Å². The lowest BCUT2D eigenvalue weighted by molar-refractivity contribution is -0.689. The highest BCUT2D eigenvalue weighted by molar-refractivity contribution is 8.00. The number of rotatable bonds is 8. The first-order valence-electron chi connectivity index (χ1n) is 9.78. The number of aromatic nitrogens is 3. The molecule has 1 unspecified atom stereocenters. The van der Waals surface area contributed by atoms with E-state index >= 15 is 0 Å². The Hall–Kier alpha value is -3.17. The molecule has 4 heterocycles. The predicted octanol–water partition coefficient (Wildman–Crippen LogP) is -0.0810. The molecule has 0 saturated carbocycles. The first-order chi connectivity index (χ1) is 16.3. The molecule has 34 heavy (non-hydrogen) atoms. The van der Waals surface area contributed by atoms with Crippen molar-refractivity contribution in [2.45, 2.75) is 22.9 Å². The largest absolute Gasteiger partial charge is 0.477 e. The molecule has 0 aromatic carbocycles. The minimum atomic E-state index is -1.19. The second kappa shape index (κ2) is 9.99. The Morgan fingerprint density at radius 2 is 2.18 bits per heavy atom. The molecule has 4 N–H and O–H groups in total. The fourth-order valence-electron chi connectivity index (χ4n) is 3.53. The van der Waals surface area contributed by atoms with Gasteiger partial charge in [0.05, 0.1) is 0 Å². The second-order valence-electron chi connectivity index (χ2n) is 7.11. The van der Waals surface area contributed by atoms with E-state index in [9.17, 15) is 19.5 Å². The summed E-state index contributed by atoms with van der Waals surface area (Å²) in [6, 6.07) is 2.95. The number of anilines is 1. The van der Waals surface area contributed by atoms with Gasteiger partial charge in [-0.3, -0.25) is 14.5 Å². The van der Waals surface area contributed by atoms with Crippen LogP contribution in [-0.2, 0) is 25.8 Å². The maximum Gasteiger partial charge on any atom is 0.352 e. The number of hydrogen-bond donors (Lipinski definition) is 3. The minimum absolute atomic E-state index is 0.0281. The van der Waals surface area contributed by atoms with E-state index < -0.39 is 29.2 Å². The monoisotopic (exact) mass is 522 g/mol. The van der Waals surface area contributed by atoms with Gasteiger partial charge in [0.25, 0.3) is 11.8 Å². The molecule has 0 aliphatic carbocycles. The Kier molecular flexibility index (Phi) is 7.04. The normalized spacial score (nSPS) is 20.0. The summed E-state index contributed by atoms with van der Waals surface area (Å²) in [6.45, 7) is 0.332. The maximum atomic E-state index is 12.9. The molecule has 0 bridgehead atoms. The van der Waals surface area contributed by atoms with Crippen LogP contribution in [0.15, 0.2) is 45.8 Å². The zero-order valence-electron chi connectivity index (χ0n) is 18.0. The number of oxime groups is 1. The molecule has 15 heteroatoms. The van der Waals surface area contributed by atoms with Crippen LogP contribution in [0.5, 0.6) is 0 Å². The van der Waals surface area contributed by atoms with Crippen LogP contribution in [0.3, 0.4) is 0 Å². The summed E-state index contributed by atoms with van der Waals surface area (Å²) < 4.78 is 5.81. The molecule has 0 spiro atoms. The quantitative estimate of drug-likeness (QED) is 0.140. The number of fused-ring (bicyclic) bond motifs is 1. The van der Waals surface area contributed by atoms with E-state index in [1.165, 1.54) is 23.8 Å². The SMILES string of the molecule is CON=C(C(=O)NC1C(=O)N2C(C(=O)O)=C(C[n+]3ccc(SC)cc3)CS[C@@H]12)c1nsc(N)n1. The van der Waals surface area contributed by atoms with E-state index in [-0.39, 0.29) is 22.4 Å². The third kappa shape index (κ3) is 4.58. The fourth-order valence-corrected chi connectivity index (χ4v) is 5.69. The molecule has 2 aliphatic heterocycles. The van der Waals surface area contributed by atoms with Gasteiger partial charge in [0, 0.05) is 39.9 Å². The average Bonchev–Trinajstić information content (AvgIpc) is 3.26. The lowest BCUT2D eigenvalue weighted by Crippen LogP contribution is -2.71. The van der Waals surface area contributed by atoms with Gasteiger partial charge >= 0.3 is 5.97 Å². The molecule has 2 aromatic rings. The Morgan fingerprint density at radius 3 is 2.76 bits per heavy atom. The van der Waals surface area contributed by atoms with Gasteiger partial charge < -0.3 is 21.0 Å². The number of nitrogens with two attached hydrogens (primary N) is 1. The minimum Gasteiger partial charge on any atom is -0.477 e. The van der Waals surface area contributed by atoms with E-state index in [0.29, 0.717) is 17.9 Å². The van der Waals surface area contributed by atoms with Gasteiger partial charge in [0.15, 0.2) is 24.1 Å². The van der Waals surface area contributed by atoms with E-state index in [1.807, 2.05) is 35.3 Å². The van der Waals surface area contributed by atoms with Gasteiger partial charge in [-0.05, 0) is 6.26 Å².